The van der Waals surface area contributed by atoms with Crippen LogP contribution in [0, 0.1) is 10.1 Å². The van der Waals surface area contributed by atoms with Gasteiger partial charge in [0.05, 0.1) is 10.6 Å². The highest BCUT2D eigenvalue weighted by molar-refractivity contribution is 7.14. The Labute approximate surface area is 125 Å². The summed E-state index contributed by atoms with van der Waals surface area (Å²) in [5.74, 6) is 0. The summed E-state index contributed by atoms with van der Waals surface area (Å²) in [6.07, 6.45) is 2.20. The molecule has 0 bridgehead atoms. The number of benzene rings is 1. The Morgan fingerprint density at radius 3 is 3.00 bits per heavy atom. The highest BCUT2D eigenvalue weighted by Crippen LogP contribution is 2.31. The summed E-state index contributed by atoms with van der Waals surface area (Å²) in [6.45, 7) is 3.01. The molecule has 0 unspecified atom stereocenters. The number of aromatic nitrogens is 1. The number of hydrogen-bond acceptors (Lipinski definition) is 5. The first-order valence-corrected chi connectivity index (χ1v) is 7.51. The lowest BCUT2D eigenvalue weighted by Crippen LogP contribution is -1.99. The number of nitro benzene ring substituents is 1. The molecule has 106 valence electrons. The molecule has 1 heterocycles. The number of unbranched alkanes of at least 4 members (excludes halogenated alkanes) is 1. The molecule has 0 radical (unpaired) electrons. The van der Waals surface area contributed by atoms with Crippen molar-refractivity contribution in [3.8, 4) is 11.3 Å². The molecule has 0 atom stereocenters. The van der Waals surface area contributed by atoms with E-state index < -0.39 is 4.92 Å². The minimum absolute atomic E-state index is 0.0994. The van der Waals surface area contributed by atoms with Crippen LogP contribution in [-0.2, 0) is 0 Å². The molecule has 2 aromatic rings. The van der Waals surface area contributed by atoms with Gasteiger partial charge < -0.3 is 5.32 Å². The molecule has 1 aromatic heterocycles. The maximum atomic E-state index is 10.9. The van der Waals surface area contributed by atoms with E-state index in [0.717, 1.165) is 24.5 Å². The van der Waals surface area contributed by atoms with Gasteiger partial charge in [0, 0.05) is 23.6 Å². The minimum Gasteiger partial charge on any atom is -0.362 e. The van der Waals surface area contributed by atoms with E-state index in [4.69, 9.17) is 11.6 Å². The molecule has 0 aliphatic carbocycles. The summed E-state index contributed by atoms with van der Waals surface area (Å²) in [6, 6.07) is 4.71. The van der Waals surface area contributed by atoms with Crippen molar-refractivity contribution in [2.75, 3.05) is 11.9 Å². The minimum atomic E-state index is -0.487. The highest BCUT2D eigenvalue weighted by atomic mass is 35.5. The topological polar surface area (TPSA) is 68.1 Å². The quantitative estimate of drug-likeness (QED) is 0.481. The second-order valence-corrected chi connectivity index (χ2v) is 5.51. The Bertz CT molecular complexity index is 615. The predicted octanol–water partition coefficient (Wildman–Crippen LogP) is 4.58. The number of hydrogen-bond donors (Lipinski definition) is 1. The number of nitrogens with one attached hydrogen (secondary N) is 1. The highest BCUT2D eigenvalue weighted by Gasteiger charge is 2.14. The standard InChI is InChI=1S/C13H14ClN3O2S/c1-2-3-6-15-13-16-11(8-20-13)9-4-5-10(14)12(7-9)17(18)19/h4-5,7-8H,2-3,6H2,1H3,(H,15,16). The molecule has 2 rings (SSSR count). The molecule has 0 fully saturated rings. The summed E-state index contributed by atoms with van der Waals surface area (Å²) < 4.78 is 0. The van der Waals surface area contributed by atoms with Crippen LogP contribution in [0.5, 0.6) is 0 Å². The molecule has 1 aromatic carbocycles. The van der Waals surface area contributed by atoms with Crippen LogP contribution in [0.3, 0.4) is 0 Å². The molecular weight excluding hydrogens is 298 g/mol. The van der Waals surface area contributed by atoms with Crippen LogP contribution < -0.4 is 5.32 Å². The van der Waals surface area contributed by atoms with Gasteiger partial charge in [-0.05, 0) is 12.5 Å². The number of rotatable bonds is 6. The van der Waals surface area contributed by atoms with E-state index in [2.05, 4.69) is 17.2 Å². The lowest BCUT2D eigenvalue weighted by Gasteiger charge is -2.00. The van der Waals surface area contributed by atoms with Crippen molar-refractivity contribution in [3.63, 3.8) is 0 Å². The number of nitrogens with zero attached hydrogens (tertiary/aromatic N) is 2. The van der Waals surface area contributed by atoms with E-state index in [9.17, 15) is 10.1 Å². The van der Waals surface area contributed by atoms with E-state index in [1.807, 2.05) is 5.38 Å². The second-order valence-electron chi connectivity index (χ2n) is 4.24. The fourth-order valence-corrected chi connectivity index (χ4v) is 2.61. The molecule has 0 saturated carbocycles. The zero-order valence-electron chi connectivity index (χ0n) is 10.9. The van der Waals surface area contributed by atoms with Gasteiger partial charge in [0.25, 0.3) is 5.69 Å². The van der Waals surface area contributed by atoms with Gasteiger partial charge in [0.15, 0.2) is 5.13 Å². The van der Waals surface area contributed by atoms with Gasteiger partial charge in [-0.2, -0.15) is 0 Å². The van der Waals surface area contributed by atoms with Crippen LogP contribution in [0.1, 0.15) is 19.8 Å². The molecule has 0 aliphatic heterocycles. The maximum Gasteiger partial charge on any atom is 0.288 e. The van der Waals surface area contributed by atoms with E-state index in [1.54, 1.807) is 6.07 Å². The maximum absolute atomic E-state index is 10.9. The monoisotopic (exact) mass is 311 g/mol. The normalized spacial score (nSPS) is 10.5. The Hall–Kier alpha value is -1.66. The molecule has 0 saturated heterocycles. The summed E-state index contributed by atoms with van der Waals surface area (Å²) in [5, 5.41) is 16.9. The van der Waals surface area contributed by atoms with Crippen LogP contribution in [-0.4, -0.2) is 16.5 Å². The van der Waals surface area contributed by atoms with Crippen molar-refractivity contribution in [2.24, 2.45) is 0 Å². The van der Waals surface area contributed by atoms with E-state index in [1.165, 1.54) is 23.5 Å². The van der Waals surface area contributed by atoms with Crippen molar-refractivity contribution in [1.82, 2.24) is 4.98 Å². The van der Waals surface area contributed by atoms with Crippen LogP contribution in [0.4, 0.5) is 10.8 Å². The molecule has 1 N–H and O–H groups in total. The molecule has 0 amide bonds. The first-order chi connectivity index (χ1) is 9.61. The molecular formula is C13H14ClN3O2S. The van der Waals surface area contributed by atoms with E-state index >= 15 is 0 Å². The fraction of sp³-hybridized carbons (Fsp3) is 0.308. The van der Waals surface area contributed by atoms with Gasteiger partial charge in [-0.15, -0.1) is 11.3 Å². The largest absolute Gasteiger partial charge is 0.362 e. The first kappa shape index (κ1) is 14.7. The van der Waals surface area contributed by atoms with E-state index in [0.29, 0.717) is 11.3 Å². The van der Waals surface area contributed by atoms with Crippen molar-refractivity contribution in [2.45, 2.75) is 19.8 Å². The van der Waals surface area contributed by atoms with Crippen LogP contribution in [0.25, 0.3) is 11.3 Å². The Morgan fingerprint density at radius 2 is 2.30 bits per heavy atom. The number of nitro groups is 1. The van der Waals surface area contributed by atoms with Crippen LogP contribution in [0.15, 0.2) is 23.6 Å². The summed E-state index contributed by atoms with van der Waals surface area (Å²) >= 11 is 7.28. The average molecular weight is 312 g/mol. The van der Waals surface area contributed by atoms with E-state index in [-0.39, 0.29) is 10.7 Å². The predicted molar refractivity (Wildman–Crippen MR) is 82.6 cm³/mol. The zero-order valence-corrected chi connectivity index (χ0v) is 12.5. The van der Waals surface area contributed by atoms with Crippen LogP contribution in [0.2, 0.25) is 5.02 Å². The molecule has 5 nitrogen and oxygen atoms in total. The zero-order chi connectivity index (χ0) is 14.5. The average Bonchev–Trinajstić information content (AvgIpc) is 2.88. The Morgan fingerprint density at radius 1 is 1.50 bits per heavy atom. The summed E-state index contributed by atoms with van der Waals surface area (Å²) in [4.78, 5) is 14.8. The van der Waals surface area contributed by atoms with Crippen molar-refractivity contribution in [3.05, 3.63) is 38.7 Å². The van der Waals surface area contributed by atoms with Crippen molar-refractivity contribution >= 4 is 33.8 Å². The molecule has 7 heteroatoms. The molecule has 20 heavy (non-hydrogen) atoms. The lowest BCUT2D eigenvalue weighted by atomic mass is 10.1. The van der Waals surface area contributed by atoms with Gasteiger partial charge in [-0.3, -0.25) is 10.1 Å². The lowest BCUT2D eigenvalue weighted by molar-refractivity contribution is -0.384. The van der Waals surface area contributed by atoms with Gasteiger partial charge in [0.2, 0.25) is 0 Å². The van der Waals surface area contributed by atoms with Gasteiger partial charge in [0.1, 0.15) is 5.02 Å². The van der Waals surface area contributed by atoms with Crippen molar-refractivity contribution < 1.29 is 4.92 Å². The third-order valence-electron chi connectivity index (χ3n) is 2.75. The van der Waals surface area contributed by atoms with Crippen molar-refractivity contribution in [1.29, 1.82) is 0 Å². The number of halogens is 1. The Balaban J connectivity index is 2.19. The smallest absolute Gasteiger partial charge is 0.288 e. The third-order valence-corrected chi connectivity index (χ3v) is 3.87. The van der Waals surface area contributed by atoms with Gasteiger partial charge in [-0.1, -0.05) is 31.0 Å². The number of anilines is 1. The summed E-state index contributed by atoms with van der Waals surface area (Å²) in [5.41, 5.74) is 1.31. The molecule has 0 spiro atoms. The first-order valence-electron chi connectivity index (χ1n) is 6.25. The van der Waals surface area contributed by atoms with Gasteiger partial charge >= 0.3 is 0 Å². The second kappa shape index (κ2) is 6.67. The summed E-state index contributed by atoms with van der Waals surface area (Å²) in [7, 11) is 0. The fourth-order valence-electron chi connectivity index (χ4n) is 1.67. The van der Waals surface area contributed by atoms with Crippen LogP contribution >= 0.6 is 22.9 Å². The number of thiazole rings is 1. The third kappa shape index (κ3) is 3.46. The molecule has 0 aliphatic rings. The Kier molecular flexibility index (Phi) is 4.92. The SMILES string of the molecule is CCCCNc1nc(-c2ccc(Cl)c([N+](=O)[O-])c2)cs1. The van der Waals surface area contributed by atoms with Gasteiger partial charge in [-0.25, -0.2) is 4.98 Å².